The van der Waals surface area contributed by atoms with Crippen LogP contribution in [-0.4, -0.2) is 37.3 Å². The number of carbonyl (C=O) groups excluding carboxylic acids is 2. The molecule has 0 fully saturated rings. The summed E-state index contributed by atoms with van der Waals surface area (Å²) in [5.41, 5.74) is 1.45. The number of hydrogen-bond acceptors (Lipinski definition) is 7. The monoisotopic (exact) mass is 452 g/mol. The minimum atomic E-state index is -0.171. The molecule has 0 radical (unpaired) electrons. The van der Waals surface area contributed by atoms with E-state index in [-0.39, 0.29) is 24.1 Å². The predicted octanol–water partition coefficient (Wildman–Crippen LogP) is 3.57. The Morgan fingerprint density at radius 2 is 1.84 bits per heavy atom. The number of thioether (sulfide) groups is 1. The lowest BCUT2D eigenvalue weighted by Crippen LogP contribution is -2.24. The van der Waals surface area contributed by atoms with Gasteiger partial charge in [-0.3, -0.25) is 9.59 Å². The zero-order valence-electron chi connectivity index (χ0n) is 16.7. The molecular formula is C21H20N6O2S2. The first-order valence-corrected chi connectivity index (χ1v) is 11.5. The lowest BCUT2D eigenvalue weighted by Gasteiger charge is -2.08. The number of benzene rings is 2. The van der Waals surface area contributed by atoms with Crippen LogP contribution in [-0.2, 0) is 17.9 Å². The van der Waals surface area contributed by atoms with Gasteiger partial charge in [0.25, 0.3) is 5.91 Å². The van der Waals surface area contributed by atoms with Gasteiger partial charge in [0.1, 0.15) is 0 Å². The van der Waals surface area contributed by atoms with Crippen LogP contribution >= 0.6 is 23.1 Å². The molecular weight excluding hydrogens is 432 g/mol. The maximum absolute atomic E-state index is 12.4. The Morgan fingerprint density at radius 3 is 2.61 bits per heavy atom. The van der Waals surface area contributed by atoms with Gasteiger partial charge in [0.05, 0.1) is 22.5 Å². The number of fused-ring (bicyclic) bond motifs is 1. The van der Waals surface area contributed by atoms with Crippen molar-refractivity contribution < 1.29 is 9.59 Å². The van der Waals surface area contributed by atoms with Crippen LogP contribution in [0, 0.1) is 0 Å². The maximum atomic E-state index is 12.4. The maximum Gasteiger partial charge on any atom is 0.251 e. The quantitative estimate of drug-likeness (QED) is 0.396. The number of anilines is 1. The molecule has 0 saturated carbocycles. The number of nitrogens with zero attached hydrogens (tertiary/aromatic N) is 4. The lowest BCUT2D eigenvalue weighted by molar-refractivity contribution is -0.113. The summed E-state index contributed by atoms with van der Waals surface area (Å²) in [5, 5.41) is 15.3. The van der Waals surface area contributed by atoms with Gasteiger partial charge in [-0.15, -0.1) is 10.2 Å². The van der Waals surface area contributed by atoms with E-state index >= 15 is 0 Å². The van der Waals surface area contributed by atoms with Crippen molar-refractivity contribution >= 4 is 50.3 Å². The Morgan fingerprint density at radius 1 is 1.06 bits per heavy atom. The van der Waals surface area contributed by atoms with Gasteiger partial charge < -0.3 is 15.2 Å². The first-order chi connectivity index (χ1) is 15.1. The van der Waals surface area contributed by atoms with Gasteiger partial charge >= 0.3 is 0 Å². The number of aromatic nitrogens is 4. The van der Waals surface area contributed by atoms with Crippen LogP contribution < -0.4 is 10.6 Å². The van der Waals surface area contributed by atoms with E-state index in [9.17, 15) is 9.59 Å². The lowest BCUT2D eigenvalue weighted by atomic mass is 10.2. The van der Waals surface area contributed by atoms with Crippen molar-refractivity contribution in [1.29, 1.82) is 0 Å². The van der Waals surface area contributed by atoms with E-state index < -0.39 is 0 Å². The molecule has 31 heavy (non-hydrogen) atoms. The highest BCUT2D eigenvalue weighted by Crippen LogP contribution is 2.26. The van der Waals surface area contributed by atoms with Gasteiger partial charge in [0.2, 0.25) is 5.91 Å². The summed E-state index contributed by atoms with van der Waals surface area (Å²) in [4.78, 5) is 29.0. The van der Waals surface area contributed by atoms with E-state index in [2.05, 4.69) is 25.8 Å². The van der Waals surface area contributed by atoms with Crippen molar-refractivity contribution in [3.05, 3.63) is 66.0 Å². The molecule has 8 nitrogen and oxygen atoms in total. The normalized spacial score (nSPS) is 10.9. The standard InChI is InChI=1S/C21H20N6O2S2/c1-2-27-17(12-22-19(29)14-8-4-3-5-9-14)25-26-21(27)30-13-18(28)24-20-23-15-10-6-7-11-16(15)31-20/h3-11H,2,12-13H2,1H3,(H,22,29)(H,23,24,28). The topological polar surface area (TPSA) is 102 Å². The number of thiazole rings is 1. The molecule has 2 aromatic carbocycles. The molecule has 0 aliphatic rings. The Kier molecular flexibility index (Phi) is 6.58. The SMILES string of the molecule is CCn1c(CNC(=O)c2ccccc2)nnc1SCC(=O)Nc1nc2ccccc2s1. The molecule has 0 unspecified atom stereocenters. The number of rotatable bonds is 8. The third-order valence-electron chi connectivity index (χ3n) is 4.43. The highest BCUT2D eigenvalue weighted by Gasteiger charge is 2.15. The van der Waals surface area contributed by atoms with Gasteiger partial charge in [-0.25, -0.2) is 4.98 Å². The summed E-state index contributed by atoms with van der Waals surface area (Å²) in [6.07, 6.45) is 0. The second-order valence-corrected chi connectivity index (χ2v) is 8.49. The van der Waals surface area contributed by atoms with Crippen molar-refractivity contribution in [3.63, 3.8) is 0 Å². The zero-order chi connectivity index (χ0) is 21.6. The van der Waals surface area contributed by atoms with Crippen LogP contribution in [0.1, 0.15) is 23.1 Å². The molecule has 0 saturated heterocycles. The highest BCUT2D eigenvalue weighted by atomic mass is 32.2. The Hall–Kier alpha value is -3.24. The summed E-state index contributed by atoms with van der Waals surface area (Å²) in [5.74, 6) is 0.495. The van der Waals surface area contributed by atoms with E-state index in [1.165, 1.54) is 23.1 Å². The van der Waals surface area contributed by atoms with Gasteiger partial charge in [-0.05, 0) is 31.2 Å². The first kappa shape index (κ1) is 21.0. The Bertz CT molecular complexity index is 1170. The summed E-state index contributed by atoms with van der Waals surface area (Å²) < 4.78 is 2.92. The fourth-order valence-corrected chi connectivity index (χ4v) is 4.64. The van der Waals surface area contributed by atoms with Crippen LogP contribution in [0.2, 0.25) is 0 Å². The van der Waals surface area contributed by atoms with Crippen molar-refractivity contribution in [2.24, 2.45) is 0 Å². The minimum absolute atomic E-state index is 0.159. The molecule has 2 aromatic heterocycles. The van der Waals surface area contributed by atoms with E-state index in [1.807, 2.05) is 54.0 Å². The summed E-state index contributed by atoms with van der Waals surface area (Å²) in [7, 11) is 0. The van der Waals surface area contributed by atoms with Crippen LogP contribution in [0.15, 0.2) is 59.8 Å². The third kappa shape index (κ3) is 5.09. The van der Waals surface area contributed by atoms with Gasteiger partial charge in [0.15, 0.2) is 16.1 Å². The molecule has 4 rings (SSSR count). The molecule has 0 aliphatic heterocycles. The van der Waals surface area contributed by atoms with Crippen molar-refractivity contribution in [2.45, 2.75) is 25.2 Å². The molecule has 4 aromatic rings. The average molecular weight is 453 g/mol. The zero-order valence-corrected chi connectivity index (χ0v) is 18.4. The molecule has 0 aliphatic carbocycles. The fraction of sp³-hybridized carbons (Fsp3) is 0.190. The predicted molar refractivity (Wildman–Crippen MR) is 122 cm³/mol. The number of para-hydroxylation sites is 1. The number of amides is 2. The van der Waals surface area contributed by atoms with Gasteiger partial charge in [-0.2, -0.15) is 0 Å². The number of carbonyl (C=O) groups is 2. The molecule has 2 amide bonds. The van der Waals surface area contributed by atoms with Crippen LogP contribution in [0.25, 0.3) is 10.2 Å². The molecule has 0 atom stereocenters. The van der Waals surface area contributed by atoms with Gasteiger partial charge in [-0.1, -0.05) is 53.4 Å². The summed E-state index contributed by atoms with van der Waals surface area (Å²) in [6, 6.07) is 16.8. The first-order valence-electron chi connectivity index (χ1n) is 9.67. The van der Waals surface area contributed by atoms with Crippen molar-refractivity contribution in [1.82, 2.24) is 25.1 Å². The number of nitrogens with one attached hydrogen (secondary N) is 2. The average Bonchev–Trinajstić information content (AvgIpc) is 3.39. The van der Waals surface area contributed by atoms with E-state index in [0.717, 1.165) is 10.2 Å². The second-order valence-electron chi connectivity index (χ2n) is 6.52. The third-order valence-corrected chi connectivity index (χ3v) is 6.34. The van der Waals surface area contributed by atoms with Gasteiger partial charge in [0, 0.05) is 12.1 Å². The Labute approximate surface area is 187 Å². The van der Waals surface area contributed by atoms with Crippen LogP contribution in [0.3, 0.4) is 0 Å². The molecule has 0 bridgehead atoms. The number of hydrogen-bond donors (Lipinski definition) is 2. The molecule has 158 valence electrons. The van der Waals surface area contributed by atoms with E-state index in [4.69, 9.17) is 0 Å². The summed E-state index contributed by atoms with van der Waals surface area (Å²) >= 11 is 2.74. The second kappa shape index (κ2) is 9.71. The molecule has 0 spiro atoms. The largest absolute Gasteiger partial charge is 0.345 e. The fourth-order valence-electron chi connectivity index (χ4n) is 2.94. The van der Waals surface area contributed by atoms with E-state index in [0.29, 0.717) is 28.2 Å². The minimum Gasteiger partial charge on any atom is -0.345 e. The Balaban J connectivity index is 1.33. The van der Waals surface area contributed by atoms with Crippen LogP contribution in [0.5, 0.6) is 0 Å². The summed E-state index contributed by atoms with van der Waals surface area (Å²) in [6.45, 7) is 2.86. The smallest absolute Gasteiger partial charge is 0.251 e. The molecule has 2 heterocycles. The van der Waals surface area contributed by atoms with E-state index in [1.54, 1.807) is 12.1 Å². The van der Waals surface area contributed by atoms with Crippen LogP contribution in [0.4, 0.5) is 5.13 Å². The molecule has 10 heteroatoms. The van der Waals surface area contributed by atoms with Crippen molar-refractivity contribution in [3.8, 4) is 0 Å². The van der Waals surface area contributed by atoms with Crippen molar-refractivity contribution in [2.75, 3.05) is 11.1 Å². The highest BCUT2D eigenvalue weighted by molar-refractivity contribution is 7.99. The molecule has 2 N–H and O–H groups in total.